The van der Waals surface area contributed by atoms with Gasteiger partial charge < -0.3 is 14.8 Å². The number of hydrogen-bond donors (Lipinski definition) is 1. The Kier molecular flexibility index (Phi) is 5.67. The zero-order valence-corrected chi connectivity index (χ0v) is 18.3. The van der Waals surface area contributed by atoms with Gasteiger partial charge in [0.05, 0.1) is 11.1 Å². The van der Waals surface area contributed by atoms with Crippen LogP contribution in [-0.2, 0) is 4.79 Å². The number of ketones is 1. The van der Waals surface area contributed by atoms with Crippen LogP contribution in [0.25, 0.3) is 22.0 Å². The third-order valence-electron chi connectivity index (χ3n) is 6.18. The summed E-state index contributed by atoms with van der Waals surface area (Å²) < 4.78 is 14.8. The van der Waals surface area contributed by atoms with E-state index in [1.807, 2.05) is 36.4 Å². The molecule has 0 saturated carbocycles. The van der Waals surface area contributed by atoms with E-state index in [1.165, 1.54) is 17.2 Å². The highest BCUT2D eigenvalue weighted by Crippen LogP contribution is 2.32. The van der Waals surface area contributed by atoms with Crippen LogP contribution >= 0.6 is 0 Å². The van der Waals surface area contributed by atoms with E-state index in [0.29, 0.717) is 24.2 Å². The van der Waals surface area contributed by atoms with Gasteiger partial charge in [0, 0.05) is 48.9 Å². The fraction of sp³-hybridized carbons (Fsp3) is 0.148. The lowest BCUT2D eigenvalue weighted by Crippen LogP contribution is -2.52. The second-order valence-electron chi connectivity index (χ2n) is 8.19. The summed E-state index contributed by atoms with van der Waals surface area (Å²) in [7, 11) is 0. The van der Waals surface area contributed by atoms with Crippen molar-refractivity contribution in [3.05, 3.63) is 95.9 Å². The average Bonchev–Trinajstić information content (AvgIpc) is 3.35. The number of nitrogens with one attached hydrogen (secondary N) is 1. The predicted octanol–water partition coefficient (Wildman–Crippen LogP) is 4.14. The highest BCUT2D eigenvalue weighted by molar-refractivity contribution is 6.45. The maximum atomic E-state index is 14.8. The molecule has 3 aromatic carbocycles. The Morgan fingerprint density at radius 2 is 1.38 bits per heavy atom. The van der Waals surface area contributed by atoms with Gasteiger partial charge in [0.15, 0.2) is 0 Å². The van der Waals surface area contributed by atoms with Crippen molar-refractivity contribution >= 4 is 28.5 Å². The number of aromatic amines is 1. The SMILES string of the molecule is O=C(C(=O)N1CCN(C(=O)c2ccccc2)CC1)c1c[nH]c2c(-c3ccccc3)ccc(F)c12. The van der Waals surface area contributed by atoms with E-state index in [2.05, 4.69) is 4.98 Å². The summed E-state index contributed by atoms with van der Waals surface area (Å²) in [6.45, 7) is 1.13. The molecule has 0 unspecified atom stereocenters. The van der Waals surface area contributed by atoms with E-state index in [-0.39, 0.29) is 29.9 Å². The zero-order chi connectivity index (χ0) is 23.7. The van der Waals surface area contributed by atoms with Crippen LogP contribution in [0.5, 0.6) is 0 Å². The van der Waals surface area contributed by atoms with Gasteiger partial charge in [-0.1, -0.05) is 48.5 Å². The lowest BCUT2D eigenvalue weighted by atomic mass is 10.00. The molecule has 6 nitrogen and oxygen atoms in total. The number of aromatic nitrogens is 1. The number of Topliss-reactive ketones (excluding diaryl/α,β-unsaturated/α-hetero) is 1. The van der Waals surface area contributed by atoms with Crippen LogP contribution in [0, 0.1) is 5.82 Å². The Labute approximate surface area is 195 Å². The molecule has 2 amide bonds. The minimum absolute atomic E-state index is 0.0121. The number of rotatable bonds is 4. The van der Waals surface area contributed by atoms with Crippen LogP contribution in [0.3, 0.4) is 0 Å². The quantitative estimate of drug-likeness (QED) is 0.371. The summed E-state index contributed by atoms with van der Waals surface area (Å²) in [5.41, 5.74) is 2.69. The smallest absolute Gasteiger partial charge is 0.295 e. The van der Waals surface area contributed by atoms with Crippen LogP contribution in [0.2, 0.25) is 0 Å². The third-order valence-corrected chi connectivity index (χ3v) is 6.18. The molecule has 1 N–H and O–H groups in total. The van der Waals surface area contributed by atoms with Crippen molar-refractivity contribution in [1.82, 2.24) is 14.8 Å². The van der Waals surface area contributed by atoms with Crippen molar-refractivity contribution in [3.8, 4) is 11.1 Å². The van der Waals surface area contributed by atoms with Crippen LogP contribution in [0.15, 0.2) is 79.0 Å². The van der Waals surface area contributed by atoms with E-state index in [1.54, 1.807) is 35.2 Å². The largest absolute Gasteiger partial charge is 0.360 e. The molecule has 1 fully saturated rings. The number of halogens is 1. The number of nitrogens with zero attached hydrogens (tertiary/aromatic N) is 2. The number of benzene rings is 3. The molecule has 2 heterocycles. The fourth-order valence-corrected chi connectivity index (χ4v) is 4.38. The molecule has 170 valence electrons. The summed E-state index contributed by atoms with van der Waals surface area (Å²) in [5, 5.41) is 0.109. The van der Waals surface area contributed by atoms with Gasteiger partial charge in [-0.05, 0) is 29.8 Å². The molecule has 0 radical (unpaired) electrons. The van der Waals surface area contributed by atoms with Crippen molar-refractivity contribution in [2.45, 2.75) is 0 Å². The van der Waals surface area contributed by atoms with E-state index in [0.717, 1.165) is 11.1 Å². The summed E-state index contributed by atoms with van der Waals surface area (Å²) >= 11 is 0. The highest BCUT2D eigenvalue weighted by atomic mass is 19.1. The molecule has 0 spiro atoms. The van der Waals surface area contributed by atoms with Gasteiger partial charge in [-0.15, -0.1) is 0 Å². The molecule has 7 heteroatoms. The van der Waals surface area contributed by atoms with E-state index in [4.69, 9.17) is 0 Å². The molecule has 4 aromatic rings. The average molecular weight is 455 g/mol. The fourth-order valence-electron chi connectivity index (χ4n) is 4.38. The van der Waals surface area contributed by atoms with Crippen molar-refractivity contribution in [2.75, 3.05) is 26.2 Å². The first-order valence-electron chi connectivity index (χ1n) is 11.1. The summed E-state index contributed by atoms with van der Waals surface area (Å²) in [4.78, 5) is 44.8. The van der Waals surface area contributed by atoms with Crippen molar-refractivity contribution in [1.29, 1.82) is 0 Å². The topological polar surface area (TPSA) is 73.5 Å². The van der Waals surface area contributed by atoms with Gasteiger partial charge >= 0.3 is 0 Å². The minimum Gasteiger partial charge on any atom is -0.360 e. The third kappa shape index (κ3) is 3.85. The Morgan fingerprint density at radius 3 is 2.06 bits per heavy atom. The summed E-state index contributed by atoms with van der Waals surface area (Å²) in [5.74, 6) is -2.13. The molecule has 1 saturated heterocycles. The Balaban J connectivity index is 1.35. The first-order chi connectivity index (χ1) is 16.5. The maximum Gasteiger partial charge on any atom is 0.295 e. The Morgan fingerprint density at radius 1 is 0.765 bits per heavy atom. The molecule has 0 atom stereocenters. The van der Waals surface area contributed by atoms with Crippen molar-refractivity contribution in [3.63, 3.8) is 0 Å². The Hall–Kier alpha value is -4.26. The zero-order valence-electron chi connectivity index (χ0n) is 18.3. The molecule has 34 heavy (non-hydrogen) atoms. The number of fused-ring (bicyclic) bond motifs is 1. The van der Waals surface area contributed by atoms with Crippen molar-refractivity contribution < 1.29 is 18.8 Å². The van der Waals surface area contributed by atoms with Crippen LogP contribution < -0.4 is 0 Å². The molecule has 0 bridgehead atoms. The maximum absolute atomic E-state index is 14.8. The van der Waals surface area contributed by atoms with Gasteiger partial charge in [-0.2, -0.15) is 0 Å². The number of piperazine rings is 1. The van der Waals surface area contributed by atoms with Crippen LogP contribution in [-0.4, -0.2) is 58.6 Å². The second-order valence-corrected chi connectivity index (χ2v) is 8.19. The molecule has 1 aromatic heterocycles. The lowest BCUT2D eigenvalue weighted by molar-refractivity contribution is -0.127. The Bertz CT molecular complexity index is 1370. The number of carbonyl (C=O) groups excluding carboxylic acids is 3. The van der Waals surface area contributed by atoms with E-state index >= 15 is 0 Å². The number of H-pyrrole nitrogens is 1. The molecule has 0 aliphatic carbocycles. The van der Waals surface area contributed by atoms with Crippen LogP contribution in [0.4, 0.5) is 4.39 Å². The van der Waals surface area contributed by atoms with Gasteiger partial charge in [0.1, 0.15) is 5.82 Å². The summed E-state index contributed by atoms with van der Waals surface area (Å²) in [6, 6.07) is 21.4. The lowest BCUT2D eigenvalue weighted by Gasteiger charge is -2.34. The molecule has 1 aliphatic heterocycles. The molecule has 1 aliphatic rings. The van der Waals surface area contributed by atoms with E-state index in [9.17, 15) is 18.8 Å². The minimum atomic E-state index is -0.766. The van der Waals surface area contributed by atoms with Crippen molar-refractivity contribution in [2.24, 2.45) is 0 Å². The summed E-state index contributed by atoms with van der Waals surface area (Å²) in [6.07, 6.45) is 1.40. The molecule has 5 rings (SSSR count). The monoisotopic (exact) mass is 455 g/mol. The number of hydrogen-bond acceptors (Lipinski definition) is 3. The van der Waals surface area contributed by atoms with Gasteiger partial charge in [-0.3, -0.25) is 14.4 Å². The van der Waals surface area contributed by atoms with Gasteiger partial charge in [-0.25, -0.2) is 4.39 Å². The first-order valence-corrected chi connectivity index (χ1v) is 11.1. The number of carbonyl (C=O) groups is 3. The number of amides is 2. The van der Waals surface area contributed by atoms with Crippen LogP contribution in [0.1, 0.15) is 20.7 Å². The first kappa shape index (κ1) is 21.6. The normalized spacial score (nSPS) is 13.8. The molecular weight excluding hydrogens is 433 g/mol. The van der Waals surface area contributed by atoms with E-state index < -0.39 is 17.5 Å². The highest BCUT2D eigenvalue weighted by Gasteiger charge is 2.31. The predicted molar refractivity (Wildman–Crippen MR) is 127 cm³/mol. The van der Waals surface area contributed by atoms with Gasteiger partial charge in [0.25, 0.3) is 17.6 Å². The second kappa shape index (κ2) is 8.94. The molecular formula is C27H22FN3O3. The standard InChI is InChI=1S/C27H22FN3O3/c28-22-12-11-20(18-7-3-1-4-8-18)24-23(22)21(17-29-24)25(32)27(34)31-15-13-30(14-16-31)26(33)19-9-5-2-6-10-19/h1-12,17,29H,13-16H2. The van der Waals surface area contributed by atoms with Gasteiger partial charge in [0.2, 0.25) is 0 Å².